The highest BCUT2D eigenvalue weighted by Crippen LogP contribution is 2.23. The zero-order valence-corrected chi connectivity index (χ0v) is 12.9. The Morgan fingerprint density at radius 2 is 2.11 bits per heavy atom. The van der Waals surface area contributed by atoms with Crippen LogP contribution in [0.4, 0.5) is 0 Å². The van der Waals surface area contributed by atoms with E-state index in [1.807, 2.05) is 18.8 Å². The van der Waals surface area contributed by atoms with E-state index >= 15 is 0 Å². The van der Waals surface area contributed by atoms with Crippen LogP contribution in [0, 0.1) is 13.8 Å². The maximum atomic E-state index is 4.54. The first-order valence-corrected chi connectivity index (χ1v) is 7.51. The summed E-state index contributed by atoms with van der Waals surface area (Å²) in [5, 5.41) is 7.82. The molecule has 1 N–H and O–H groups in total. The molecule has 1 saturated heterocycles. The van der Waals surface area contributed by atoms with Gasteiger partial charge in [-0.05, 0) is 53.2 Å². The maximum absolute atomic E-state index is 4.54. The molecule has 0 spiro atoms. The molecule has 1 fully saturated rings. The Morgan fingerprint density at radius 1 is 1.32 bits per heavy atom. The van der Waals surface area contributed by atoms with Gasteiger partial charge in [-0.1, -0.05) is 6.42 Å². The molecule has 1 aliphatic rings. The molecule has 4 heteroatoms. The van der Waals surface area contributed by atoms with Crippen LogP contribution in [0.25, 0.3) is 0 Å². The van der Waals surface area contributed by atoms with Crippen LogP contribution >= 0.6 is 0 Å². The Hall–Kier alpha value is -0.870. The highest BCUT2D eigenvalue weighted by Gasteiger charge is 2.23. The summed E-state index contributed by atoms with van der Waals surface area (Å²) in [6.45, 7) is 7.74. The minimum absolute atomic E-state index is 0.736. The van der Waals surface area contributed by atoms with Gasteiger partial charge < -0.3 is 5.32 Å². The summed E-state index contributed by atoms with van der Waals surface area (Å²) in [6, 6.07) is 0.736. The van der Waals surface area contributed by atoms with Gasteiger partial charge in [0.25, 0.3) is 0 Å². The molecule has 108 valence electrons. The Bertz CT molecular complexity index is 411. The van der Waals surface area contributed by atoms with E-state index in [2.05, 4.69) is 29.2 Å². The largest absolute Gasteiger partial charge is 0.320 e. The van der Waals surface area contributed by atoms with E-state index in [-0.39, 0.29) is 0 Å². The van der Waals surface area contributed by atoms with Crippen molar-refractivity contribution in [2.45, 2.75) is 52.1 Å². The Balaban J connectivity index is 2.06. The lowest BCUT2D eigenvalue weighted by atomic mass is 9.98. The van der Waals surface area contributed by atoms with Crippen molar-refractivity contribution < 1.29 is 0 Å². The van der Waals surface area contributed by atoms with Gasteiger partial charge in [0.1, 0.15) is 0 Å². The van der Waals surface area contributed by atoms with Crippen LogP contribution in [0.1, 0.15) is 42.6 Å². The third kappa shape index (κ3) is 3.37. The third-order valence-electron chi connectivity index (χ3n) is 4.50. The smallest absolute Gasteiger partial charge is 0.0641 e. The molecule has 0 aliphatic carbocycles. The van der Waals surface area contributed by atoms with Crippen molar-refractivity contribution in [3.8, 4) is 0 Å². The molecular weight excluding hydrogens is 236 g/mol. The highest BCUT2D eigenvalue weighted by molar-refractivity contribution is 5.24. The average Bonchev–Trinajstić information content (AvgIpc) is 2.64. The SMILES string of the molecule is CNCCC1CCCCN1Cc1c(C)nn(C)c1C. The van der Waals surface area contributed by atoms with Crippen LogP contribution in [0.2, 0.25) is 0 Å². The molecule has 0 radical (unpaired) electrons. The van der Waals surface area contributed by atoms with Crippen molar-refractivity contribution in [3.05, 3.63) is 17.0 Å². The molecular formula is C15H28N4. The van der Waals surface area contributed by atoms with Gasteiger partial charge >= 0.3 is 0 Å². The first-order chi connectivity index (χ1) is 9.13. The van der Waals surface area contributed by atoms with Gasteiger partial charge in [0.2, 0.25) is 0 Å². The molecule has 1 aliphatic heterocycles. The Kier molecular flexibility index (Phi) is 4.99. The Morgan fingerprint density at radius 3 is 2.74 bits per heavy atom. The minimum atomic E-state index is 0.736. The topological polar surface area (TPSA) is 33.1 Å². The lowest BCUT2D eigenvalue weighted by molar-refractivity contribution is 0.132. The van der Waals surface area contributed by atoms with Gasteiger partial charge in [0.05, 0.1) is 5.69 Å². The lowest BCUT2D eigenvalue weighted by Gasteiger charge is -2.36. The second-order valence-corrected chi connectivity index (χ2v) is 5.79. The lowest BCUT2D eigenvalue weighted by Crippen LogP contribution is -2.40. The van der Waals surface area contributed by atoms with E-state index in [1.54, 1.807) is 0 Å². The predicted molar refractivity (Wildman–Crippen MR) is 79.3 cm³/mol. The van der Waals surface area contributed by atoms with Crippen molar-refractivity contribution in [2.24, 2.45) is 7.05 Å². The van der Waals surface area contributed by atoms with Crippen molar-refractivity contribution in [3.63, 3.8) is 0 Å². The second-order valence-electron chi connectivity index (χ2n) is 5.79. The van der Waals surface area contributed by atoms with Crippen LogP contribution in [0.3, 0.4) is 0 Å². The number of nitrogens with zero attached hydrogens (tertiary/aromatic N) is 3. The summed E-state index contributed by atoms with van der Waals surface area (Å²) >= 11 is 0. The molecule has 0 amide bonds. The zero-order valence-electron chi connectivity index (χ0n) is 12.9. The molecule has 0 bridgehead atoms. The molecule has 0 saturated carbocycles. The molecule has 1 aromatic heterocycles. The quantitative estimate of drug-likeness (QED) is 0.883. The fraction of sp³-hybridized carbons (Fsp3) is 0.800. The standard InChI is InChI=1S/C15H28N4/c1-12-15(13(2)18(4)17-12)11-19-10-6-5-7-14(19)8-9-16-3/h14,16H,5-11H2,1-4H3. The molecule has 2 rings (SSSR count). The number of hydrogen-bond donors (Lipinski definition) is 1. The number of piperidine rings is 1. The van der Waals surface area contributed by atoms with Crippen LogP contribution < -0.4 is 5.32 Å². The van der Waals surface area contributed by atoms with E-state index in [4.69, 9.17) is 0 Å². The van der Waals surface area contributed by atoms with Gasteiger partial charge in [-0.2, -0.15) is 5.10 Å². The number of hydrogen-bond acceptors (Lipinski definition) is 3. The van der Waals surface area contributed by atoms with Crippen LogP contribution in [-0.2, 0) is 13.6 Å². The maximum Gasteiger partial charge on any atom is 0.0641 e. The monoisotopic (exact) mass is 264 g/mol. The van der Waals surface area contributed by atoms with Gasteiger partial charge in [-0.15, -0.1) is 0 Å². The van der Waals surface area contributed by atoms with Gasteiger partial charge in [0.15, 0.2) is 0 Å². The first-order valence-electron chi connectivity index (χ1n) is 7.51. The number of rotatable bonds is 5. The van der Waals surface area contributed by atoms with E-state index in [0.717, 1.165) is 19.1 Å². The summed E-state index contributed by atoms with van der Waals surface area (Å²) in [5.74, 6) is 0. The van der Waals surface area contributed by atoms with Crippen LogP contribution in [-0.4, -0.2) is 40.9 Å². The minimum Gasteiger partial charge on any atom is -0.320 e. The summed E-state index contributed by atoms with van der Waals surface area (Å²) in [6.07, 6.45) is 5.33. The average molecular weight is 264 g/mol. The number of aromatic nitrogens is 2. The van der Waals surface area contributed by atoms with Gasteiger partial charge in [-0.3, -0.25) is 9.58 Å². The summed E-state index contributed by atoms with van der Waals surface area (Å²) in [7, 11) is 4.09. The normalized spacial score (nSPS) is 20.9. The molecule has 1 unspecified atom stereocenters. The zero-order chi connectivity index (χ0) is 13.8. The highest BCUT2D eigenvalue weighted by atomic mass is 15.3. The summed E-state index contributed by atoms with van der Waals surface area (Å²) in [5.41, 5.74) is 3.94. The third-order valence-corrected chi connectivity index (χ3v) is 4.50. The number of aryl methyl sites for hydroxylation is 2. The van der Waals surface area contributed by atoms with Crippen molar-refractivity contribution in [2.75, 3.05) is 20.1 Å². The first kappa shape index (κ1) is 14.5. The second kappa shape index (κ2) is 6.53. The fourth-order valence-electron chi connectivity index (χ4n) is 3.16. The molecule has 1 atom stereocenters. The van der Waals surface area contributed by atoms with Crippen LogP contribution in [0.5, 0.6) is 0 Å². The summed E-state index contributed by atoms with van der Waals surface area (Å²) in [4.78, 5) is 2.66. The van der Waals surface area contributed by atoms with E-state index in [0.29, 0.717) is 0 Å². The van der Waals surface area contributed by atoms with Crippen molar-refractivity contribution >= 4 is 0 Å². The fourth-order valence-corrected chi connectivity index (χ4v) is 3.16. The van der Waals surface area contributed by atoms with Crippen LogP contribution in [0.15, 0.2) is 0 Å². The predicted octanol–water partition coefficient (Wildman–Crippen LogP) is 2.00. The van der Waals surface area contributed by atoms with E-state index in [1.165, 1.54) is 49.2 Å². The molecule has 2 heterocycles. The molecule has 0 aromatic carbocycles. The molecule has 4 nitrogen and oxygen atoms in total. The van der Waals surface area contributed by atoms with Crippen molar-refractivity contribution in [1.29, 1.82) is 0 Å². The number of likely N-dealkylation sites (tertiary alicyclic amines) is 1. The van der Waals surface area contributed by atoms with E-state index in [9.17, 15) is 0 Å². The Labute approximate surface area is 117 Å². The van der Waals surface area contributed by atoms with Gasteiger partial charge in [-0.25, -0.2) is 0 Å². The van der Waals surface area contributed by atoms with Gasteiger partial charge in [0, 0.05) is 30.9 Å². The number of nitrogens with one attached hydrogen (secondary N) is 1. The molecule has 19 heavy (non-hydrogen) atoms. The van der Waals surface area contributed by atoms with E-state index < -0.39 is 0 Å². The van der Waals surface area contributed by atoms with Crippen molar-refractivity contribution in [1.82, 2.24) is 20.0 Å². The molecule has 1 aromatic rings. The summed E-state index contributed by atoms with van der Waals surface area (Å²) < 4.78 is 2.01.